The van der Waals surface area contributed by atoms with Crippen LogP contribution in [0.25, 0.3) is 0 Å². The highest BCUT2D eigenvalue weighted by molar-refractivity contribution is 5.92. The molecule has 0 atom stereocenters. The monoisotopic (exact) mass is 305 g/mol. The molecule has 0 fully saturated rings. The minimum atomic E-state index is -0.670. The Balaban J connectivity index is 2.49. The van der Waals surface area contributed by atoms with Gasteiger partial charge < -0.3 is 9.47 Å². The number of carbonyl (C=O) groups is 2. The van der Waals surface area contributed by atoms with Crippen LogP contribution in [0.5, 0.6) is 0 Å². The molecule has 0 heterocycles. The molecule has 5 heteroatoms. The molecule has 1 N–H and O–H groups in total. The molecule has 22 heavy (non-hydrogen) atoms. The van der Waals surface area contributed by atoms with Crippen LogP contribution < -0.4 is 5.32 Å². The molecule has 0 spiro atoms. The van der Waals surface area contributed by atoms with Gasteiger partial charge in [-0.05, 0) is 18.4 Å². The maximum absolute atomic E-state index is 11.8. The first-order valence-electron chi connectivity index (χ1n) is 7.43. The maximum Gasteiger partial charge on any atom is 0.412 e. The third-order valence-corrected chi connectivity index (χ3v) is 3.01. The predicted molar refractivity (Wildman–Crippen MR) is 84.0 cm³/mol. The average Bonchev–Trinajstić information content (AvgIpc) is 2.56. The van der Waals surface area contributed by atoms with E-state index in [0.717, 1.165) is 24.8 Å². The van der Waals surface area contributed by atoms with Crippen molar-refractivity contribution in [3.05, 3.63) is 47.7 Å². The summed E-state index contributed by atoms with van der Waals surface area (Å²) in [7, 11) is 1.28. The molecule has 0 aliphatic rings. The third kappa shape index (κ3) is 6.92. The number of amides is 1. The summed E-state index contributed by atoms with van der Waals surface area (Å²) in [5.41, 5.74) is 1.00. The van der Waals surface area contributed by atoms with Gasteiger partial charge in [0, 0.05) is 0 Å². The number of rotatable bonds is 8. The number of unbranched alkanes of at least 4 members (excludes halogenated alkanes) is 3. The largest absolute Gasteiger partial charge is 0.464 e. The molecule has 1 rings (SSSR count). The molecular weight excluding hydrogens is 282 g/mol. The first-order valence-corrected chi connectivity index (χ1v) is 7.43. The van der Waals surface area contributed by atoms with E-state index in [1.807, 2.05) is 30.3 Å². The lowest BCUT2D eigenvalue weighted by molar-refractivity contribution is -0.136. The van der Waals surface area contributed by atoms with Crippen LogP contribution in [0.4, 0.5) is 4.79 Å². The molecule has 1 aromatic rings. The zero-order chi connectivity index (χ0) is 16.2. The molecule has 1 amide bonds. The van der Waals surface area contributed by atoms with Crippen molar-refractivity contribution in [2.75, 3.05) is 7.11 Å². The highest BCUT2D eigenvalue weighted by Crippen LogP contribution is 2.05. The summed E-state index contributed by atoms with van der Waals surface area (Å²) < 4.78 is 9.74. The first kappa shape index (κ1) is 17.8. The number of esters is 1. The molecule has 0 aliphatic carbocycles. The fourth-order valence-corrected chi connectivity index (χ4v) is 1.81. The van der Waals surface area contributed by atoms with Gasteiger partial charge in [0.05, 0.1) is 7.11 Å². The molecule has 5 nitrogen and oxygen atoms in total. The van der Waals surface area contributed by atoms with Gasteiger partial charge in [-0.3, -0.25) is 5.32 Å². The summed E-state index contributed by atoms with van der Waals surface area (Å²) in [6.07, 6.45) is 4.83. The Labute approximate surface area is 131 Å². The number of benzene rings is 1. The molecule has 0 unspecified atom stereocenters. The molecule has 0 aromatic heterocycles. The van der Waals surface area contributed by atoms with Gasteiger partial charge in [-0.15, -0.1) is 0 Å². The van der Waals surface area contributed by atoms with E-state index in [1.165, 1.54) is 7.11 Å². The number of allylic oxidation sites excluding steroid dienone is 1. The van der Waals surface area contributed by atoms with Gasteiger partial charge in [0.25, 0.3) is 0 Å². The van der Waals surface area contributed by atoms with Crippen molar-refractivity contribution in [3.8, 4) is 0 Å². The minimum Gasteiger partial charge on any atom is -0.464 e. The van der Waals surface area contributed by atoms with Gasteiger partial charge in [0.15, 0.2) is 0 Å². The normalized spacial score (nSPS) is 10.9. The van der Waals surface area contributed by atoms with Gasteiger partial charge in [-0.25, -0.2) is 9.59 Å². The Bertz CT molecular complexity index is 497. The van der Waals surface area contributed by atoms with E-state index in [1.54, 1.807) is 6.08 Å². The van der Waals surface area contributed by atoms with Crippen molar-refractivity contribution in [1.82, 2.24) is 5.32 Å². The van der Waals surface area contributed by atoms with E-state index in [4.69, 9.17) is 4.74 Å². The Morgan fingerprint density at radius 1 is 1.18 bits per heavy atom. The summed E-state index contributed by atoms with van der Waals surface area (Å²) in [5, 5.41) is 2.44. The second-order valence-electron chi connectivity index (χ2n) is 4.79. The van der Waals surface area contributed by atoms with Crippen LogP contribution in [0.3, 0.4) is 0 Å². The molecule has 0 saturated heterocycles. The summed E-state index contributed by atoms with van der Waals surface area (Å²) in [6.45, 7) is 2.25. The first-order chi connectivity index (χ1) is 10.7. The van der Waals surface area contributed by atoms with Crippen molar-refractivity contribution >= 4 is 12.1 Å². The fraction of sp³-hybridized carbons (Fsp3) is 0.412. The summed E-state index contributed by atoms with van der Waals surface area (Å²) in [5.74, 6) is -0.576. The van der Waals surface area contributed by atoms with E-state index in [9.17, 15) is 9.59 Å². The lowest BCUT2D eigenvalue weighted by atomic mass is 10.2. The number of alkyl carbamates (subject to hydrolysis) is 1. The number of hydrogen-bond acceptors (Lipinski definition) is 4. The molecule has 1 aromatic carbocycles. The van der Waals surface area contributed by atoms with Crippen molar-refractivity contribution in [3.63, 3.8) is 0 Å². The van der Waals surface area contributed by atoms with E-state index >= 15 is 0 Å². The van der Waals surface area contributed by atoms with Crippen LogP contribution in [0.15, 0.2) is 42.1 Å². The van der Waals surface area contributed by atoms with Crippen LogP contribution in [0, 0.1) is 0 Å². The third-order valence-electron chi connectivity index (χ3n) is 3.01. The van der Waals surface area contributed by atoms with Crippen molar-refractivity contribution < 1.29 is 19.1 Å². The molecule has 0 radical (unpaired) electrons. The molecule has 0 aliphatic heterocycles. The van der Waals surface area contributed by atoms with Gasteiger partial charge in [-0.1, -0.05) is 56.2 Å². The number of hydrogen-bond donors (Lipinski definition) is 1. The average molecular weight is 305 g/mol. The van der Waals surface area contributed by atoms with E-state index in [2.05, 4.69) is 17.0 Å². The lowest BCUT2D eigenvalue weighted by Crippen LogP contribution is -2.28. The highest BCUT2D eigenvalue weighted by Gasteiger charge is 2.13. The predicted octanol–water partition coefficient (Wildman–Crippen LogP) is 3.55. The Morgan fingerprint density at radius 3 is 2.55 bits per heavy atom. The van der Waals surface area contributed by atoms with Crippen molar-refractivity contribution in [2.45, 2.75) is 39.2 Å². The van der Waals surface area contributed by atoms with Gasteiger partial charge >= 0.3 is 12.1 Å². The van der Waals surface area contributed by atoms with Crippen LogP contribution in [0.2, 0.25) is 0 Å². The SMILES string of the molecule is CCCCC/C=C(/NC(=O)OCc1ccccc1)C(=O)OC. The Morgan fingerprint density at radius 2 is 1.91 bits per heavy atom. The van der Waals surface area contributed by atoms with E-state index in [-0.39, 0.29) is 12.3 Å². The van der Waals surface area contributed by atoms with Gasteiger partial charge in [-0.2, -0.15) is 0 Å². The topological polar surface area (TPSA) is 64.6 Å². The summed E-state index contributed by atoms with van der Waals surface area (Å²) in [6, 6.07) is 9.33. The standard InChI is InChI=1S/C17H23NO4/c1-3-4-5-9-12-15(16(19)21-2)18-17(20)22-13-14-10-7-6-8-11-14/h6-8,10-12H,3-5,9,13H2,1-2H3,(H,18,20)/b15-12+. The van der Waals surface area contributed by atoms with E-state index in [0.29, 0.717) is 6.42 Å². The number of nitrogens with one attached hydrogen (secondary N) is 1. The van der Waals surface area contributed by atoms with Gasteiger partial charge in [0.1, 0.15) is 12.3 Å². The summed E-state index contributed by atoms with van der Waals surface area (Å²) in [4.78, 5) is 23.4. The number of ether oxygens (including phenoxy) is 2. The zero-order valence-corrected chi connectivity index (χ0v) is 13.1. The quantitative estimate of drug-likeness (QED) is 0.453. The van der Waals surface area contributed by atoms with Crippen molar-refractivity contribution in [1.29, 1.82) is 0 Å². The minimum absolute atomic E-state index is 0.122. The van der Waals surface area contributed by atoms with Crippen LogP contribution in [-0.2, 0) is 20.9 Å². The molecule has 0 saturated carbocycles. The Kier molecular flexibility index (Phi) is 8.42. The lowest BCUT2D eigenvalue weighted by Gasteiger charge is -2.09. The number of carbonyl (C=O) groups excluding carboxylic acids is 2. The molecule has 120 valence electrons. The Hall–Kier alpha value is -2.30. The molecule has 0 bridgehead atoms. The van der Waals surface area contributed by atoms with E-state index < -0.39 is 12.1 Å². The smallest absolute Gasteiger partial charge is 0.412 e. The zero-order valence-electron chi connectivity index (χ0n) is 13.1. The fourth-order valence-electron chi connectivity index (χ4n) is 1.81. The van der Waals surface area contributed by atoms with Crippen LogP contribution in [-0.4, -0.2) is 19.2 Å². The van der Waals surface area contributed by atoms with Crippen LogP contribution >= 0.6 is 0 Å². The maximum atomic E-state index is 11.8. The molecular formula is C17H23NO4. The second-order valence-corrected chi connectivity index (χ2v) is 4.79. The van der Waals surface area contributed by atoms with Crippen LogP contribution in [0.1, 0.15) is 38.2 Å². The highest BCUT2D eigenvalue weighted by atomic mass is 16.6. The number of methoxy groups -OCH3 is 1. The van der Waals surface area contributed by atoms with Crippen molar-refractivity contribution in [2.24, 2.45) is 0 Å². The second kappa shape index (κ2) is 10.4. The summed E-state index contributed by atoms with van der Waals surface area (Å²) >= 11 is 0. The van der Waals surface area contributed by atoms with Gasteiger partial charge in [0.2, 0.25) is 0 Å².